The van der Waals surface area contributed by atoms with Gasteiger partial charge in [-0.2, -0.15) is 8.78 Å². The van der Waals surface area contributed by atoms with E-state index >= 15 is 0 Å². The second-order valence-electron chi connectivity index (χ2n) is 9.55. The van der Waals surface area contributed by atoms with Crippen molar-refractivity contribution in [1.29, 1.82) is 0 Å². The fraction of sp³-hybridized carbons (Fsp3) is 0.379. The number of benzene rings is 3. The lowest BCUT2D eigenvalue weighted by atomic mass is 9.79. The monoisotopic (exact) mass is 540 g/mol. The van der Waals surface area contributed by atoms with Gasteiger partial charge in [-0.1, -0.05) is 31.2 Å². The minimum atomic E-state index is -4.63. The summed E-state index contributed by atoms with van der Waals surface area (Å²) in [5.41, 5.74) is -0.186. The van der Waals surface area contributed by atoms with Crippen LogP contribution in [-0.2, 0) is 10.8 Å². The van der Waals surface area contributed by atoms with Crippen LogP contribution in [-0.4, -0.2) is 13.2 Å². The lowest BCUT2D eigenvalue weighted by Gasteiger charge is -2.28. The highest BCUT2D eigenvalue weighted by molar-refractivity contribution is 5.64. The van der Waals surface area contributed by atoms with E-state index in [0.717, 1.165) is 63.0 Å². The van der Waals surface area contributed by atoms with Gasteiger partial charge >= 0.3 is 6.11 Å². The van der Waals surface area contributed by atoms with Crippen LogP contribution in [0.3, 0.4) is 0 Å². The molecule has 0 radical (unpaired) electrons. The molecule has 0 atom stereocenters. The number of rotatable bonds is 9. The van der Waals surface area contributed by atoms with E-state index < -0.39 is 46.5 Å². The number of hydrogen-bond acceptors (Lipinski definition) is 2. The summed E-state index contributed by atoms with van der Waals surface area (Å²) in [6, 6.07) is 8.88. The van der Waals surface area contributed by atoms with Crippen molar-refractivity contribution in [1.82, 2.24) is 0 Å². The van der Waals surface area contributed by atoms with Crippen molar-refractivity contribution in [2.45, 2.75) is 51.1 Å². The Labute approximate surface area is 216 Å². The molecule has 0 aromatic heterocycles. The number of hydrogen-bond donors (Lipinski definition) is 0. The molecule has 1 aliphatic carbocycles. The van der Waals surface area contributed by atoms with Gasteiger partial charge < -0.3 is 9.47 Å². The van der Waals surface area contributed by atoms with E-state index in [-0.39, 0.29) is 17.7 Å². The van der Waals surface area contributed by atoms with Gasteiger partial charge in [0.15, 0.2) is 17.5 Å². The van der Waals surface area contributed by atoms with Crippen molar-refractivity contribution in [2.24, 2.45) is 5.92 Å². The summed E-state index contributed by atoms with van der Waals surface area (Å²) in [5, 5.41) is 0. The average molecular weight is 541 g/mol. The first kappa shape index (κ1) is 28.0. The van der Waals surface area contributed by atoms with Crippen LogP contribution in [0, 0.1) is 35.0 Å². The summed E-state index contributed by atoms with van der Waals surface area (Å²) in [5.74, 6) is -8.91. The molecule has 0 aliphatic heterocycles. The number of ether oxygens (including phenoxy) is 2. The molecular formula is C29H27F7O2. The Morgan fingerprint density at radius 1 is 0.763 bits per heavy atom. The van der Waals surface area contributed by atoms with Gasteiger partial charge in [-0.05, 0) is 72.8 Å². The highest BCUT2D eigenvalue weighted by Crippen LogP contribution is 2.39. The highest BCUT2D eigenvalue weighted by Gasteiger charge is 2.41. The zero-order valence-electron chi connectivity index (χ0n) is 20.7. The van der Waals surface area contributed by atoms with Crippen LogP contribution in [0.25, 0.3) is 11.1 Å². The molecule has 1 saturated carbocycles. The Hall–Kier alpha value is -3.07. The summed E-state index contributed by atoms with van der Waals surface area (Å²) in [6.45, 7) is 3.61. The van der Waals surface area contributed by atoms with E-state index in [1.54, 1.807) is 12.1 Å². The maximum Gasteiger partial charge on any atom is 0.432 e. The van der Waals surface area contributed by atoms with E-state index in [0.29, 0.717) is 17.4 Å². The highest BCUT2D eigenvalue weighted by atomic mass is 19.3. The van der Waals surface area contributed by atoms with Crippen molar-refractivity contribution >= 4 is 0 Å². The summed E-state index contributed by atoms with van der Waals surface area (Å²) >= 11 is 0. The lowest BCUT2D eigenvalue weighted by molar-refractivity contribution is -0.189. The molecule has 0 spiro atoms. The molecule has 0 heterocycles. The third kappa shape index (κ3) is 6.31. The molecule has 0 bridgehead atoms. The zero-order chi connectivity index (χ0) is 27.4. The molecule has 2 nitrogen and oxygen atoms in total. The van der Waals surface area contributed by atoms with Crippen molar-refractivity contribution in [3.63, 3.8) is 0 Å². The van der Waals surface area contributed by atoms with Crippen LogP contribution in [0.15, 0.2) is 48.5 Å². The molecule has 3 aromatic carbocycles. The first-order valence-corrected chi connectivity index (χ1v) is 12.5. The fourth-order valence-corrected chi connectivity index (χ4v) is 4.81. The minimum absolute atomic E-state index is 0.0294. The Morgan fingerprint density at radius 3 is 1.89 bits per heavy atom. The van der Waals surface area contributed by atoms with E-state index in [1.165, 1.54) is 0 Å². The van der Waals surface area contributed by atoms with Gasteiger partial charge in [-0.15, -0.1) is 0 Å². The van der Waals surface area contributed by atoms with Gasteiger partial charge in [0.2, 0.25) is 0 Å². The number of halogens is 7. The zero-order valence-corrected chi connectivity index (χ0v) is 20.7. The largest absolute Gasteiger partial charge is 0.432 e. The minimum Gasteiger partial charge on any atom is -0.429 e. The van der Waals surface area contributed by atoms with Crippen LogP contribution in [0.2, 0.25) is 0 Å². The Bertz CT molecular complexity index is 1210. The predicted octanol–water partition coefficient (Wildman–Crippen LogP) is 8.88. The van der Waals surface area contributed by atoms with E-state index in [9.17, 15) is 30.7 Å². The summed E-state index contributed by atoms with van der Waals surface area (Å²) < 4.78 is 108. The van der Waals surface area contributed by atoms with Crippen LogP contribution < -0.4 is 4.74 Å². The molecule has 0 amide bonds. The van der Waals surface area contributed by atoms with Gasteiger partial charge in [-0.25, -0.2) is 22.0 Å². The second kappa shape index (κ2) is 11.8. The molecule has 204 valence electrons. The lowest BCUT2D eigenvalue weighted by Crippen LogP contribution is -2.25. The van der Waals surface area contributed by atoms with Crippen molar-refractivity contribution in [3.8, 4) is 16.9 Å². The summed E-state index contributed by atoms with van der Waals surface area (Å²) in [6.07, 6.45) is 0.492. The topological polar surface area (TPSA) is 18.5 Å². The predicted molar refractivity (Wildman–Crippen MR) is 128 cm³/mol. The van der Waals surface area contributed by atoms with Gasteiger partial charge in [-0.3, -0.25) is 0 Å². The fourth-order valence-electron chi connectivity index (χ4n) is 4.81. The molecule has 38 heavy (non-hydrogen) atoms. The van der Waals surface area contributed by atoms with E-state index in [4.69, 9.17) is 4.74 Å². The maximum absolute atomic E-state index is 14.7. The molecule has 3 aromatic rings. The van der Waals surface area contributed by atoms with Gasteiger partial charge in [0.05, 0.1) is 0 Å². The Morgan fingerprint density at radius 2 is 1.34 bits per heavy atom. The molecule has 0 saturated heterocycles. The maximum atomic E-state index is 14.7. The molecule has 4 rings (SSSR count). The van der Waals surface area contributed by atoms with Gasteiger partial charge in [0.25, 0.3) is 0 Å². The van der Waals surface area contributed by atoms with Crippen LogP contribution in [0.5, 0.6) is 5.75 Å². The van der Waals surface area contributed by atoms with E-state index in [2.05, 4.69) is 11.7 Å². The first-order chi connectivity index (χ1) is 18.1. The smallest absolute Gasteiger partial charge is 0.429 e. The quantitative estimate of drug-likeness (QED) is 0.153. The molecule has 1 aliphatic rings. The van der Waals surface area contributed by atoms with E-state index in [1.807, 2.05) is 12.1 Å². The molecule has 0 N–H and O–H groups in total. The first-order valence-electron chi connectivity index (χ1n) is 12.5. The summed E-state index contributed by atoms with van der Waals surface area (Å²) in [4.78, 5) is 0. The van der Waals surface area contributed by atoms with Crippen LogP contribution in [0.4, 0.5) is 30.7 Å². The van der Waals surface area contributed by atoms with Crippen LogP contribution >= 0.6 is 0 Å². The molecular weight excluding hydrogens is 513 g/mol. The molecule has 9 heteroatoms. The normalized spacial score (nSPS) is 18.0. The standard InChI is InChI=1S/C29H27F7O2/c1-2-11-37-16-17-3-5-18(6-4-17)19-7-9-20(10-8-19)21-12-23(30)27(24(31)13-21)29(35,36)38-22-14-25(32)28(34)26(33)15-22/h7-10,12-15,17-18H,2-6,11,16H2,1H3. The second-order valence-corrected chi connectivity index (χ2v) is 9.55. The van der Waals surface area contributed by atoms with Gasteiger partial charge in [0, 0.05) is 25.3 Å². The van der Waals surface area contributed by atoms with Crippen molar-refractivity contribution in [3.05, 3.63) is 88.7 Å². The average Bonchev–Trinajstić information content (AvgIpc) is 2.87. The Kier molecular flexibility index (Phi) is 8.65. The summed E-state index contributed by atoms with van der Waals surface area (Å²) in [7, 11) is 0. The number of alkyl halides is 2. The Balaban J connectivity index is 1.47. The third-order valence-electron chi connectivity index (χ3n) is 6.80. The van der Waals surface area contributed by atoms with Crippen LogP contribution in [0.1, 0.15) is 56.1 Å². The SMILES string of the molecule is CCCOCC1CCC(c2ccc(-c3cc(F)c(C(F)(F)Oc4cc(F)c(F)c(F)c4)c(F)c3)cc2)CC1. The van der Waals surface area contributed by atoms with Crippen molar-refractivity contribution in [2.75, 3.05) is 13.2 Å². The van der Waals surface area contributed by atoms with Gasteiger partial charge in [0.1, 0.15) is 22.9 Å². The third-order valence-corrected chi connectivity index (χ3v) is 6.80. The molecule has 0 unspecified atom stereocenters. The molecule has 1 fully saturated rings. The van der Waals surface area contributed by atoms with Crippen molar-refractivity contribution < 1.29 is 40.2 Å².